The first kappa shape index (κ1) is 30.9. The molecule has 0 bridgehead atoms. The SMILES string of the molecule is CCOC(=O)c1ccc(N2C(=O)[C@@H]3[C@H](c4ccc(OC)c(OC)c4)c4sc(=O)n(CC(=O)N5CCOCC5)c4S[C@@H]3C2=O)cc1. The zero-order chi connectivity index (χ0) is 31.8. The van der Waals surface area contributed by atoms with Crippen molar-refractivity contribution < 1.29 is 38.1 Å². The van der Waals surface area contributed by atoms with Crippen molar-refractivity contribution in [1.29, 1.82) is 0 Å². The first-order valence-corrected chi connectivity index (χ1v) is 16.1. The van der Waals surface area contributed by atoms with E-state index in [1.807, 2.05) is 0 Å². The molecule has 0 aliphatic carbocycles. The van der Waals surface area contributed by atoms with E-state index in [2.05, 4.69) is 0 Å². The number of methoxy groups -OCH3 is 2. The Bertz CT molecular complexity index is 1710. The number of benzene rings is 2. The average molecular weight is 654 g/mol. The molecule has 0 N–H and O–H groups in total. The molecule has 3 aliphatic heterocycles. The summed E-state index contributed by atoms with van der Waals surface area (Å²) in [6.07, 6.45) is 0. The van der Waals surface area contributed by atoms with Crippen LogP contribution in [0, 0.1) is 5.92 Å². The van der Waals surface area contributed by atoms with Crippen LogP contribution in [0.3, 0.4) is 0 Å². The second kappa shape index (κ2) is 12.7. The summed E-state index contributed by atoms with van der Waals surface area (Å²) in [6, 6.07) is 11.4. The van der Waals surface area contributed by atoms with E-state index < -0.39 is 34.9 Å². The molecular weight excluding hydrogens is 622 g/mol. The van der Waals surface area contributed by atoms with E-state index in [1.54, 1.807) is 42.2 Å². The molecule has 2 fully saturated rings. The number of morpholine rings is 1. The first-order chi connectivity index (χ1) is 21.8. The Morgan fingerprint density at radius 2 is 1.67 bits per heavy atom. The topological polar surface area (TPSA) is 134 Å². The van der Waals surface area contributed by atoms with Crippen LogP contribution in [0.1, 0.15) is 33.6 Å². The van der Waals surface area contributed by atoms with Gasteiger partial charge in [0.05, 0.1) is 56.2 Å². The summed E-state index contributed by atoms with van der Waals surface area (Å²) < 4.78 is 22.8. The van der Waals surface area contributed by atoms with Crippen LogP contribution in [-0.4, -0.2) is 85.5 Å². The number of carbonyl (C=O) groups excluding carboxylic acids is 4. The maximum absolute atomic E-state index is 14.2. The molecule has 0 spiro atoms. The third-order valence-electron chi connectivity index (χ3n) is 8.11. The third-order valence-corrected chi connectivity index (χ3v) is 10.7. The molecule has 3 aliphatic rings. The Labute approximate surface area is 266 Å². The van der Waals surface area contributed by atoms with Gasteiger partial charge in [-0.15, -0.1) is 0 Å². The summed E-state index contributed by atoms with van der Waals surface area (Å²) in [6.45, 7) is 3.46. The second-order valence-corrected chi connectivity index (χ2v) is 12.7. The Hall–Kier alpha value is -4.14. The molecule has 45 heavy (non-hydrogen) atoms. The van der Waals surface area contributed by atoms with Gasteiger partial charge in [0, 0.05) is 23.9 Å². The lowest BCUT2D eigenvalue weighted by Gasteiger charge is -2.31. The summed E-state index contributed by atoms with van der Waals surface area (Å²) in [5, 5.41) is -0.375. The van der Waals surface area contributed by atoms with Gasteiger partial charge in [0.25, 0.3) is 0 Å². The summed E-state index contributed by atoms with van der Waals surface area (Å²) in [7, 11) is 3.02. The number of esters is 1. The molecule has 0 saturated carbocycles. The number of nitrogens with zero attached hydrogens (tertiary/aromatic N) is 3. The summed E-state index contributed by atoms with van der Waals surface area (Å²) >= 11 is 2.12. The van der Waals surface area contributed by atoms with E-state index in [0.717, 1.165) is 28.0 Å². The number of aromatic nitrogens is 1. The lowest BCUT2D eigenvalue weighted by atomic mass is 9.83. The minimum Gasteiger partial charge on any atom is -0.493 e. The standard InChI is InChI=1S/C31H31N3O9S2/c1-4-43-30(38)17-5-8-19(9-6-17)34-27(36)24-23(18-7-10-20(40-2)21(15-18)41-3)26-29(44-25(24)28(34)37)33(31(39)45-26)16-22(35)32-11-13-42-14-12-32/h5-10,15,23-25H,4,11-14,16H2,1-3H3/t23-,24+,25-/m0/s1. The number of thiazole rings is 1. The van der Waals surface area contributed by atoms with E-state index in [0.29, 0.717) is 64.5 Å². The fraction of sp³-hybridized carbons (Fsp3) is 0.387. The molecule has 3 aromatic rings. The molecule has 0 unspecified atom stereocenters. The van der Waals surface area contributed by atoms with Crippen LogP contribution in [0.4, 0.5) is 5.69 Å². The van der Waals surface area contributed by atoms with Crippen LogP contribution < -0.4 is 19.2 Å². The van der Waals surface area contributed by atoms with E-state index in [4.69, 9.17) is 18.9 Å². The maximum atomic E-state index is 14.2. The molecule has 4 heterocycles. The van der Waals surface area contributed by atoms with Crippen LogP contribution in [0.2, 0.25) is 0 Å². The minimum atomic E-state index is -0.869. The second-order valence-electron chi connectivity index (χ2n) is 10.6. The van der Waals surface area contributed by atoms with Crippen molar-refractivity contribution in [1.82, 2.24) is 9.47 Å². The van der Waals surface area contributed by atoms with Gasteiger partial charge in [0.15, 0.2) is 11.5 Å². The molecule has 236 valence electrons. The molecule has 2 aromatic carbocycles. The smallest absolute Gasteiger partial charge is 0.338 e. The Morgan fingerprint density at radius 3 is 2.33 bits per heavy atom. The highest BCUT2D eigenvalue weighted by molar-refractivity contribution is 8.00. The predicted molar refractivity (Wildman–Crippen MR) is 165 cm³/mol. The number of carbonyl (C=O) groups is 4. The van der Waals surface area contributed by atoms with Gasteiger partial charge in [0.1, 0.15) is 11.8 Å². The highest BCUT2D eigenvalue weighted by Crippen LogP contribution is 2.54. The van der Waals surface area contributed by atoms with E-state index >= 15 is 0 Å². The van der Waals surface area contributed by atoms with Gasteiger partial charge < -0.3 is 23.8 Å². The van der Waals surface area contributed by atoms with Crippen molar-refractivity contribution in [2.45, 2.75) is 29.7 Å². The number of hydrogen-bond donors (Lipinski definition) is 0. The van der Waals surface area contributed by atoms with Crippen LogP contribution in [0.25, 0.3) is 0 Å². The molecule has 12 nitrogen and oxygen atoms in total. The number of amides is 3. The predicted octanol–water partition coefficient (Wildman–Crippen LogP) is 2.76. The average Bonchev–Trinajstić information content (AvgIpc) is 3.51. The van der Waals surface area contributed by atoms with Crippen molar-refractivity contribution in [3.63, 3.8) is 0 Å². The Balaban J connectivity index is 1.42. The first-order valence-electron chi connectivity index (χ1n) is 14.4. The van der Waals surface area contributed by atoms with Crippen molar-refractivity contribution in [3.05, 3.63) is 68.1 Å². The molecule has 2 saturated heterocycles. The number of imide groups is 1. The lowest BCUT2D eigenvalue weighted by molar-refractivity contribution is -0.136. The largest absolute Gasteiger partial charge is 0.493 e. The molecule has 3 amide bonds. The van der Waals surface area contributed by atoms with Gasteiger partial charge in [-0.25, -0.2) is 9.69 Å². The van der Waals surface area contributed by atoms with Gasteiger partial charge in [-0.3, -0.25) is 23.7 Å². The fourth-order valence-corrected chi connectivity index (χ4v) is 8.70. The number of anilines is 1. The van der Waals surface area contributed by atoms with Crippen molar-refractivity contribution in [2.24, 2.45) is 5.92 Å². The molecule has 6 rings (SSSR count). The van der Waals surface area contributed by atoms with Gasteiger partial charge in [-0.05, 0) is 48.9 Å². The van der Waals surface area contributed by atoms with E-state index in [1.165, 1.54) is 30.9 Å². The maximum Gasteiger partial charge on any atom is 0.338 e. The van der Waals surface area contributed by atoms with Crippen molar-refractivity contribution in [3.8, 4) is 11.5 Å². The number of fused-ring (bicyclic) bond motifs is 2. The van der Waals surface area contributed by atoms with Crippen molar-refractivity contribution >= 4 is 52.5 Å². The third kappa shape index (κ3) is 5.51. The number of thioether (sulfide) groups is 1. The number of ether oxygens (including phenoxy) is 4. The van der Waals surface area contributed by atoms with Crippen molar-refractivity contribution in [2.75, 3.05) is 52.0 Å². The fourth-order valence-electron chi connectivity index (χ4n) is 5.92. The molecule has 14 heteroatoms. The molecule has 0 radical (unpaired) electrons. The quantitative estimate of drug-likeness (QED) is 0.264. The zero-order valence-corrected chi connectivity index (χ0v) is 26.5. The van der Waals surface area contributed by atoms with E-state index in [9.17, 15) is 24.0 Å². The lowest BCUT2D eigenvalue weighted by Crippen LogP contribution is -2.43. The van der Waals surface area contributed by atoms with Gasteiger partial charge in [0.2, 0.25) is 17.7 Å². The van der Waals surface area contributed by atoms with Crippen LogP contribution in [-0.2, 0) is 30.4 Å². The van der Waals surface area contributed by atoms with Crippen LogP contribution in [0.5, 0.6) is 11.5 Å². The number of hydrogen-bond acceptors (Lipinski definition) is 11. The normalized spacial score (nSPS) is 20.9. The zero-order valence-electron chi connectivity index (χ0n) is 24.8. The van der Waals surface area contributed by atoms with Gasteiger partial charge in [-0.2, -0.15) is 0 Å². The molecule has 3 atom stereocenters. The number of rotatable bonds is 8. The molecular formula is C31H31N3O9S2. The highest BCUT2D eigenvalue weighted by atomic mass is 32.2. The monoisotopic (exact) mass is 653 g/mol. The van der Waals surface area contributed by atoms with E-state index in [-0.39, 0.29) is 23.9 Å². The summed E-state index contributed by atoms with van der Waals surface area (Å²) in [5.74, 6) is -2.20. The minimum absolute atomic E-state index is 0.186. The van der Waals surface area contributed by atoms with Crippen LogP contribution >= 0.6 is 23.1 Å². The Morgan fingerprint density at radius 1 is 0.956 bits per heavy atom. The Kier molecular flexibility index (Phi) is 8.71. The summed E-state index contributed by atoms with van der Waals surface area (Å²) in [4.78, 5) is 70.2. The summed E-state index contributed by atoms with van der Waals surface area (Å²) in [5.41, 5.74) is 1.28. The highest BCUT2D eigenvalue weighted by Gasteiger charge is 2.57. The van der Waals surface area contributed by atoms with Gasteiger partial charge >= 0.3 is 10.8 Å². The van der Waals surface area contributed by atoms with Crippen LogP contribution in [0.15, 0.2) is 52.3 Å². The van der Waals surface area contributed by atoms with Gasteiger partial charge in [-0.1, -0.05) is 29.2 Å². The molecule has 1 aromatic heterocycles.